The highest BCUT2D eigenvalue weighted by Gasteiger charge is 2.22. The molecule has 0 radical (unpaired) electrons. The van der Waals surface area contributed by atoms with Crippen LogP contribution in [0.15, 0.2) is 24.3 Å². The molecule has 25 heavy (non-hydrogen) atoms. The maximum atomic E-state index is 5.85. The lowest BCUT2D eigenvalue weighted by molar-refractivity contribution is -0.207. The first-order chi connectivity index (χ1) is 12.3. The minimum absolute atomic E-state index is 0.0940. The first-order valence-electron chi connectivity index (χ1n) is 10.0. The summed E-state index contributed by atoms with van der Waals surface area (Å²) >= 11 is 0. The molecule has 2 fully saturated rings. The van der Waals surface area contributed by atoms with E-state index < -0.39 is 0 Å². The molecule has 0 bridgehead atoms. The fourth-order valence-corrected chi connectivity index (χ4v) is 4.07. The van der Waals surface area contributed by atoms with Crippen molar-refractivity contribution in [1.82, 2.24) is 0 Å². The van der Waals surface area contributed by atoms with Crippen LogP contribution in [0.2, 0.25) is 0 Å². The van der Waals surface area contributed by atoms with E-state index in [0.717, 1.165) is 25.2 Å². The van der Waals surface area contributed by atoms with E-state index in [1.165, 1.54) is 56.1 Å². The van der Waals surface area contributed by atoms with Gasteiger partial charge in [0.1, 0.15) is 0 Å². The van der Waals surface area contributed by atoms with Crippen LogP contribution in [0.1, 0.15) is 81.3 Å². The van der Waals surface area contributed by atoms with Crippen molar-refractivity contribution in [3.05, 3.63) is 35.4 Å². The Kier molecular flexibility index (Phi) is 7.74. The number of ether oxygens (including phenoxy) is 2. The van der Waals surface area contributed by atoms with Crippen LogP contribution in [0.25, 0.3) is 0 Å². The van der Waals surface area contributed by atoms with Gasteiger partial charge in [0.25, 0.3) is 0 Å². The van der Waals surface area contributed by atoms with Gasteiger partial charge in [0, 0.05) is 6.42 Å². The maximum absolute atomic E-state index is 5.85. The van der Waals surface area contributed by atoms with Gasteiger partial charge in [0.15, 0.2) is 6.29 Å². The fraction of sp³-hybridized carbons (Fsp3) is 0.714. The van der Waals surface area contributed by atoms with Gasteiger partial charge < -0.3 is 9.47 Å². The molecule has 140 valence electrons. The quantitative estimate of drug-likeness (QED) is 0.750. The van der Waals surface area contributed by atoms with E-state index in [2.05, 4.69) is 24.3 Å². The lowest BCUT2D eigenvalue weighted by Gasteiger charge is -2.28. The van der Waals surface area contributed by atoms with E-state index in [1.54, 1.807) is 0 Å². The van der Waals surface area contributed by atoms with Crippen molar-refractivity contribution in [2.45, 2.75) is 89.1 Å². The van der Waals surface area contributed by atoms with Gasteiger partial charge >= 0.3 is 0 Å². The van der Waals surface area contributed by atoms with Crippen molar-refractivity contribution in [2.75, 3.05) is 6.61 Å². The van der Waals surface area contributed by atoms with Gasteiger partial charge in [-0.05, 0) is 42.7 Å². The molecule has 2 unspecified atom stereocenters. The third-order valence-electron chi connectivity index (χ3n) is 5.59. The molecule has 1 aliphatic carbocycles. The van der Waals surface area contributed by atoms with Gasteiger partial charge in [-0.15, -0.1) is 0 Å². The van der Waals surface area contributed by atoms with Crippen LogP contribution in [0.3, 0.4) is 0 Å². The minimum atomic E-state index is -0.273. The number of nitrogens with two attached hydrogens (primary N) is 1. The van der Waals surface area contributed by atoms with Crippen LogP contribution in [-0.2, 0) is 20.9 Å². The minimum Gasteiger partial charge on any atom is -0.374 e. The highest BCUT2D eigenvalue weighted by atomic mass is 16.8. The molecule has 4 nitrogen and oxygen atoms in total. The standard InChI is InChI=1S/C21H33NO3/c22-25-21-10-6-9-20(24-21)16-23-15-17-11-13-19(14-12-17)18-7-4-2-1-3-5-8-18/h11-14,18,20-21H,1-10,15-16,22H2. The zero-order valence-corrected chi connectivity index (χ0v) is 15.3. The molecule has 1 aromatic carbocycles. The summed E-state index contributed by atoms with van der Waals surface area (Å²) in [4.78, 5) is 4.80. The van der Waals surface area contributed by atoms with Crippen molar-refractivity contribution in [3.63, 3.8) is 0 Å². The van der Waals surface area contributed by atoms with E-state index in [9.17, 15) is 0 Å². The molecule has 0 amide bonds. The summed E-state index contributed by atoms with van der Waals surface area (Å²) in [5.41, 5.74) is 2.74. The summed E-state index contributed by atoms with van der Waals surface area (Å²) < 4.78 is 11.6. The SMILES string of the molecule is NOC1CCCC(COCc2ccc(C3CCCCCCC3)cc2)O1. The van der Waals surface area contributed by atoms with E-state index in [4.69, 9.17) is 20.2 Å². The van der Waals surface area contributed by atoms with Crippen molar-refractivity contribution in [3.8, 4) is 0 Å². The molecule has 4 heteroatoms. The van der Waals surface area contributed by atoms with Gasteiger partial charge in [0.05, 0.1) is 19.3 Å². The zero-order valence-electron chi connectivity index (χ0n) is 15.3. The highest BCUT2D eigenvalue weighted by molar-refractivity contribution is 5.25. The second-order valence-electron chi connectivity index (χ2n) is 7.55. The number of hydrogen-bond donors (Lipinski definition) is 1. The van der Waals surface area contributed by atoms with E-state index in [1.807, 2.05) is 0 Å². The molecule has 1 aromatic rings. The lowest BCUT2D eigenvalue weighted by Crippen LogP contribution is -2.34. The maximum Gasteiger partial charge on any atom is 0.177 e. The Labute approximate surface area is 152 Å². The Morgan fingerprint density at radius 3 is 2.32 bits per heavy atom. The normalized spacial score (nSPS) is 26.1. The zero-order chi connectivity index (χ0) is 17.3. The Hall–Kier alpha value is -0.940. The molecule has 0 spiro atoms. The summed E-state index contributed by atoms with van der Waals surface area (Å²) in [6.07, 6.45) is 12.5. The smallest absolute Gasteiger partial charge is 0.177 e. The van der Waals surface area contributed by atoms with Crippen LogP contribution in [-0.4, -0.2) is 19.0 Å². The van der Waals surface area contributed by atoms with Crippen LogP contribution < -0.4 is 5.90 Å². The van der Waals surface area contributed by atoms with Gasteiger partial charge in [-0.3, -0.25) is 4.84 Å². The molecule has 0 aromatic heterocycles. The summed E-state index contributed by atoms with van der Waals surface area (Å²) in [6, 6.07) is 9.06. The number of hydrogen-bond acceptors (Lipinski definition) is 4. The summed E-state index contributed by atoms with van der Waals surface area (Å²) in [5.74, 6) is 5.96. The third-order valence-corrected chi connectivity index (χ3v) is 5.59. The molecule has 3 rings (SSSR count). The van der Waals surface area contributed by atoms with Gasteiger partial charge in [0.2, 0.25) is 0 Å². The van der Waals surface area contributed by atoms with Crippen LogP contribution in [0, 0.1) is 0 Å². The number of benzene rings is 1. The van der Waals surface area contributed by atoms with Crippen LogP contribution in [0.5, 0.6) is 0 Å². The topological polar surface area (TPSA) is 53.7 Å². The Bertz CT molecular complexity index is 482. The summed E-state index contributed by atoms with van der Waals surface area (Å²) in [6.45, 7) is 1.24. The first-order valence-corrected chi connectivity index (χ1v) is 10.0. The average molecular weight is 347 g/mol. The largest absolute Gasteiger partial charge is 0.374 e. The first kappa shape index (κ1) is 18.8. The highest BCUT2D eigenvalue weighted by Crippen LogP contribution is 2.31. The Morgan fingerprint density at radius 2 is 1.60 bits per heavy atom. The van der Waals surface area contributed by atoms with Gasteiger partial charge in [-0.2, -0.15) is 0 Å². The molecular weight excluding hydrogens is 314 g/mol. The van der Waals surface area contributed by atoms with Crippen LogP contribution in [0.4, 0.5) is 0 Å². The molecule has 1 aliphatic heterocycles. The van der Waals surface area contributed by atoms with E-state index >= 15 is 0 Å². The molecule has 2 aliphatic rings. The molecular formula is C21H33NO3. The average Bonchev–Trinajstić information content (AvgIpc) is 2.63. The third kappa shape index (κ3) is 6.07. The Morgan fingerprint density at radius 1 is 0.880 bits per heavy atom. The molecule has 1 saturated heterocycles. The molecule has 2 N–H and O–H groups in total. The second kappa shape index (κ2) is 10.3. The molecule has 2 atom stereocenters. The monoisotopic (exact) mass is 347 g/mol. The van der Waals surface area contributed by atoms with Gasteiger partial charge in [-0.1, -0.05) is 56.4 Å². The van der Waals surface area contributed by atoms with Crippen molar-refractivity contribution >= 4 is 0 Å². The predicted octanol–water partition coefficient (Wildman–Crippen LogP) is 4.82. The predicted molar refractivity (Wildman–Crippen MR) is 98.9 cm³/mol. The van der Waals surface area contributed by atoms with Crippen molar-refractivity contribution in [2.24, 2.45) is 5.90 Å². The van der Waals surface area contributed by atoms with E-state index in [-0.39, 0.29) is 12.4 Å². The second-order valence-corrected chi connectivity index (χ2v) is 7.55. The van der Waals surface area contributed by atoms with Gasteiger partial charge in [-0.25, -0.2) is 5.90 Å². The fourth-order valence-electron chi connectivity index (χ4n) is 4.07. The van der Waals surface area contributed by atoms with Crippen LogP contribution >= 0.6 is 0 Å². The Balaban J connectivity index is 1.42. The van der Waals surface area contributed by atoms with E-state index in [0.29, 0.717) is 13.2 Å². The molecule has 1 saturated carbocycles. The van der Waals surface area contributed by atoms with Crippen molar-refractivity contribution < 1.29 is 14.3 Å². The lowest BCUT2D eigenvalue weighted by atomic mass is 9.86. The van der Waals surface area contributed by atoms with Crippen molar-refractivity contribution in [1.29, 1.82) is 0 Å². The summed E-state index contributed by atoms with van der Waals surface area (Å²) in [7, 11) is 0. The number of rotatable bonds is 6. The summed E-state index contributed by atoms with van der Waals surface area (Å²) in [5, 5.41) is 0. The molecule has 1 heterocycles.